The van der Waals surface area contributed by atoms with Crippen molar-refractivity contribution in [3.05, 3.63) is 29.8 Å². The fraction of sp³-hybridized carbons (Fsp3) is 0.462. The van der Waals surface area contributed by atoms with Crippen molar-refractivity contribution in [2.24, 2.45) is 0 Å². The van der Waals surface area contributed by atoms with Gasteiger partial charge in [0.2, 0.25) is 0 Å². The molecule has 0 bridgehead atoms. The second kappa shape index (κ2) is 6.24. The molecule has 0 heterocycles. The van der Waals surface area contributed by atoms with Gasteiger partial charge in [0, 0.05) is 6.54 Å². The van der Waals surface area contributed by atoms with Crippen LogP contribution in [-0.4, -0.2) is 28.9 Å². The van der Waals surface area contributed by atoms with Crippen LogP contribution < -0.4 is 5.32 Å². The molecule has 0 radical (unpaired) electrons. The number of nitriles is 1. The van der Waals surface area contributed by atoms with Gasteiger partial charge in [0.15, 0.2) is 0 Å². The normalized spacial score (nSPS) is 13.9. The van der Waals surface area contributed by atoms with Gasteiger partial charge < -0.3 is 10.2 Å². The number of nitrogens with one attached hydrogen (secondary N) is 1. The van der Waals surface area contributed by atoms with Crippen molar-refractivity contribution in [2.45, 2.75) is 25.3 Å². The van der Waals surface area contributed by atoms with Gasteiger partial charge >= 0.3 is 0 Å². The van der Waals surface area contributed by atoms with E-state index in [1.807, 2.05) is 19.1 Å². The minimum Gasteiger partial charge on any atom is -0.508 e. The lowest BCUT2D eigenvalue weighted by molar-refractivity contribution is 0.272. The third kappa shape index (κ3) is 4.43. The molecule has 1 atom stereocenters. The van der Waals surface area contributed by atoms with E-state index in [1.165, 1.54) is 0 Å². The van der Waals surface area contributed by atoms with Crippen LogP contribution in [0.5, 0.6) is 5.75 Å². The van der Waals surface area contributed by atoms with Gasteiger partial charge in [-0.25, -0.2) is 0 Å². The molecule has 0 spiro atoms. The molecular weight excluding hydrogens is 216 g/mol. The Balaban J connectivity index is 2.53. The molecule has 0 aliphatic heterocycles. The number of aryl methyl sites for hydroxylation is 1. The van der Waals surface area contributed by atoms with Crippen molar-refractivity contribution in [3.8, 4) is 11.8 Å². The van der Waals surface area contributed by atoms with Gasteiger partial charge in [-0.15, -0.1) is 0 Å². The highest BCUT2D eigenvalue weighted by Gasteiger charge is 2.22. The molecular formula is C13H18N2O2. The third-order valence-electron chi connectivity index (χ3n) is 2.72. The lowest BCUT2D eigenvalue weighted by atomic mass is 9.94. The first-order valence-corrected chi connectivity index (χ1v) is 5.65. The predicted octanol–water partition coefficient (Wildman–Crippen LogP) is 1.19. The molecule has 4 nitrogen and oxygen atoms in total. The van der Waals surface area contributed by atoms with Crippen LogP contribution in [0.25, 0.3) is 0 Å². The Morgan fingerprint density at radius 1 is 1.35 bits per heavy atom. The second-order valence-electron chi connectivity index (χ2n) is 4.26. The molecule has 0 fully saturated rings. The van der Waals surface area contributed by atoms with Crippen LogP contribution in [-0.2, 0) is 6.42 Å². The average molecular weight is 234 g/mol. The van der Waals surface area contributed by atoms with Gasteiger partial charge in [-0.1, -0.05) is 12.1 Å². The number of β-amino-alcohol motifs (C(OH)–C–C–N with tert-alkyl or cyclic N) is 1. The summed E-state index contributed by atoms with van der Waals surface area (Å²) in [7, 11) is 0. The number of benzene rings is 1. The highest BCUT2D eigenvalue weighted by molar-refractivity contribution is 5.26. The zero-order valence-electron chi connectivity index (χ0n) is 9.98. The van der Waals surface area contributed by atoms with Crippen LogP contribution in [0.4, 0.5) is 0 Å². The summed E-state index contributed by atoms with van der Waals surface area (Å²) in [6.45, 7) is 2.26. The van der Waals surface area contributed by atoms with E-state index in [0.29, 0.717) is 13.0 Å². The monoisotopic (exact) mass is 234 g/mol. The van der Waals surface area contributed by atoms with E-state index in [-0.39, 0.29) is 12.4 Å². The lowest BCUT2D eigenvalue weighted by Gasteiger charge is -2.22. The van der Waals surface area contributed by atoms with Gasteiger partial charge in [0.25, 0.3) is 0 Å². The summed E-state index contributed by atoms with van der Waals surface area (Å²) in [5, 5.41) is 30.0. The molecule has 17 heavy (non-hydrogen) atoms. The van der Waals surface area contributed by atoms with Crippen molar-refractivity contribution in [1.82, 2.24) is 5.32 Å². The fourth-order valence-electron chi connectivity index (χ4n) is 1.57. The first kappa shape index (κ1) is 13.5. The standard InChI is InChI=1S/C13H18N2O2/c1-13(10-14,15-8-9-16)7-6-11-2-4-12(17)5-3-11/h2-5,15-17H,6-9H2,1H3. The highest BCUT2D eigenvalue weighted by Crippen LogP contribution is 2.16. The van der Waals surface area contributed by atoms with Crippen LogP contribution in [0.1, 0.15) is 18.9 Å². The highest BCUT2D eigenvalue weighted by atomic mass is 16.3. The van der Waals surface area contributed by atoms with Crippen molar-refractivity contribution in [3.63, 3.8) is 0 Å². The Morgan fingerprint density at radius 2 is 2.00 bits per heavy atom. The van der Waals surface area contributed by atoms with E-state index in [0.717, 1.165) is 12.0 Å². The Bertz CT molecular complexity index is 383. The van der Waals surface area contributed by atoms with Gasteiger partial charge in [-0.05, 0) is 37.5 Å². The van der Waals surface area contributed by atoms with Crippen LogP contribution >= 0.6 is 0 Å². The average Bonchev–Trinajstić information content (AvgIpc) is 2.36. The Kier molecular flexibility index (Phi) is 4.95. The van der Waals surface area contributed by atoms with E-state index in [2.05, 4.69) is 11.4 Å². The number of hydrogen-bond acceptors (Lipinski definition) is 4. The molecule has 1 rings (SSSR count). The number of aliphatic hydroxyl groups excluding tert-OH is 1. The summed E-state index contributed by atoms with van der Waals surface area (Å²) in [4.78, 5) is 0. The van der Waals surface area contributed by atoms with E-state index in [9.17, 15) is 0 Å². The molecule has 0 saturated heterocycles. The van der Waals surface area contributed by atoms with Gasteiger partial charge in [0.1, 0.15) is 11.3 Å². The van der Waals surface area contributed by atoms with E-state index < -0.39 is 5.54 Å². The zero-order chi connectivity index (χ0) is 12.7. The largest absolute Gasteiger partial charge is 0.508 e. The number of phenolic OH excluding ortho intramolecular Hbond substituents is 1. The fourth-order valence-corrected chi connectivity index (χ4v) is 1.57. The van der Waals surface area contributed by atoms with E-state index in [1.54, 1.807) is 12.1 Å². The third-order valence-corrected chi connectivity index (χ3v) is 2.72. The molecule has 0 amide bonds. The SMILES string of the molecule is CC(C#N)(CCc1ccc(O)cc1)NCCO. The summed E-state index contributed by atoms with van der Waals surface area (Å²) >= 11 is 0. The summed E-state index contributed by atoms with van der Waals surface area (Å²) in [5.41, 5.74) is 0.454. The Hall–Kier alpha value is -1.57. The maximum Gasteiger partial charge on any atom is 0.115 e. The predicted molar refractivity (Wildman–Crippen MR) is 65.5 cm³/mol. The number of rotatable bonds is 6. The second-order valence-corrected chi connectivity index (χ2v) is 4.26. The van der Waals surface area contributed by atoms with Crippen LogP contribution in [0.15, 0.2) is 24.3 Å². The van der Waals surface area contributed by atoms with Crippen LogP contribution in [0.2, 0.25) is 0 Å². The van der Waals surface area contributed by atoms with Crippen LogP contribution in [0.3, 0.4) is 0 Å². The molecule has 1 aromatic rings. The lowest BCUT2D eigenvalue weighted by Crippen LogP contribution is -2.42. The first-order valence-electron chi connectivity index (χ1n) is 5.65. The van der Waals surface area contributed by atoms with Gasteiger partial charge in [-0.3, -0.25) is 5.32 Å². The molecule has 0 aliphatic carbocycles. The van der Waals surface area contributed by atoms with Crippen LogP contribution in [0, 0.1) is 11.3 Å². The van der Waals surface area contributed by atoms with Gasteiger partial charge in [0.05, 0.1) is 12.7 Å². The van der Waals surface area contributed by atoms with Crippen molar-refractivity contribution < 1.29 is 10.2 Å². The van der Waals surface area contributed by atoms with Crippen molar-refractivity contribution >= 4 is 0 Å². The molecule has 4 heteroatoms. The maximum absolute atomic E-state index is 9.15. The summed E-state index contributed by atoms with van der Waals surface area (Å²) < 4.78 is 0. The summed E-state index contributed by atoms with van der Waals surface area (Å²) in [6.07, 6.45) is 1.41. The first-order chi connectivity index (χ1) is 8.09. The molecule has 3 N–H and O–H groups in total. The van der Waals surface area contributed by atoms with Gasteiger partial charge in [-0.2, -0.15) is 5.26 Å². The molecule has 1 aromatic carbocycles. The number of phenols is 1. The van der Waals surface area contributed by atoms with Crippen molar-refractivity contribution in [2.75, 3.05) is 13.2 Å². The number of aliphatic hydroxyl groups is 1. The summed E-state index contributed by atoms with van der Waals surface area (Å²) in [5.74, 6) is 0.246. The Labute approximate surface area is 102 Å². The van der Waals surface area contributed by atoms with E-state index >= 15 is 0 Å². The zero-order valence-corrected chi connectivity index (χ0v) is 9.98. The molecule has 0 aliphatic rings. The minimum atomic E-state index is -0.624. The minimum absolute atomic E-state index is 0.0243. The number of aromatic hydroxyl groups is 1. The molecule has 0 aromatic heterocycles. The number of nitrogens with zero attached hydrogens (tertiary/aromatic N) is 1. The molecule has 1 unspecified atom stereocenters. The molecule has 92 valence electrons. The topological polar surface area (TPSA) is 76.3 Å². The van der Waals surface area contributed by atoms with E-state index in [4.69, 9.17) is 15.5 Å². The maximum atomic E-state index is 9.15. The number of hydrogen-bond donors (Lipinski definition) is 3. The molecule has 0 saturated carbocycles. The van der Waals surface area contributed by atoms with Crippen molar-refractivity contribution in [1.29, 1.82) is 5.26 Å². The smallest absolute Gasteiger partial charge is 0.115 e. The summed E-state index contributed by atoms with van der Waals surface area (Å²) in [6, 6.07) is 9.19. The quantitative estimate of drug-likeness (QED) is 0.691. The Morgan fingerprint density at radius 3 is 2.53 bits per heavy atom.